The van der Waals surface area contributed by atoms with E-state index in [0.29, 0.717) is 12.8 Å². The second kappa shape index (κ2) is 3.36. The highest BCUT2D eigenvalue weighted by Gasteiger charge is 2.79. The molecule has 20 heavy (non-hydrogen) atoms. The molecule has 7 rings (SSSR count). The summed E-state index contributed by atoms with van der Waals surface area (Å²) in [6.45, 7) is 1.45. The highest BCUT2D eigenvalue weighted by Crippen LogP contribution is 2.70. The van der Waals surface area contributed by atoms with Crippen molar-refractivity contribution in [2.24, 2.45) is 22.7 Å². The van der Waals surface area contributed by atoms with Gasteiger partial charge in [-0.1, -0.05) is 0 Å². The number of carboxylic acids is 2. The Bertz CT molecular complexity index is 477. The second-order valence-corrected chi connectivity index (χ2v) is 7.22. The molecule has 6 atom stereocenters. The maximum absolute atomic E-state index is 12.0. The van der Waals surface area contributed by atoms with Gasteiger partial charge in [-0.2, -0.15) is 0 Å². The van der Waals surface area contributed by atoms with Crippen LogP contribution in [-0.4, -0.2) is 71.2 Å². The second-order valence-electron chi connectivity index (χ2n) is 7.22. The molecule has 4 heterocycles. The predicted molar refractivity (Wildman–Crippen MR) is 69.2 cm³/mol. The number of nitrogens with zero attached hydrogens (tertiary/aromatic N) is 2. The molecule has 4 aliphatic heterocycles. The Hall–Kier alpha value is -1.14. The number of rotatable bonds is 2. The molecule has 0 spiro atoms. The van der Waals surface area contributed by atoms with Crippen molar-refractivity contribution in [2.75, 3.05) is 27.2 Å². The Labute approximate surface area is 117 Å². The van der Waals surface area contributed by atoms with Crippen LogP contribution in [0.4, 0.5) is 0 Å². The van der Waals surface area contributed by atoms with Crippen molar-refractivity contribution >= 4 is 11.9 Å². The van der Waals surface area contributed by atoms with E-state index in [1.807, 2.05) is 14.1 Å². The normalized spacial score (nSPS) is 53.5. The first-order valence-corrected chi connectivity index (χ1v) is 7.23. The van der Waals surface area contributed by atoms with Crippen LogP contribution in [0.25, 0.3) is 0 Å². The Morgan fingerprint density at radius 2 is 1.25 bits per heavy atom. The minimum absolute atomic E-state index is 0.0268. The van der Waals surface area contributed by atoms with Crippen molar-refractivity contribution in [2.45, 2.75) is 24.9 Å². The van der Waals surface area contributed by atoms with Crippen LogP contribution in [0.5, 0.6) is 0 Å². The Morgan fingerprint density at radius 3 is 1.55 bits per heavy atom. The molecule has 0 amide bonds. The lowest BCUT2D eigenvalue weighted by Crippen LogP contribution is -2.85. The number of carboxylic acid groups (broad SMARTS) is 2. The zero-order valence-corrected chi connectivity index (χ0v) is 11.7. The molecule has 6 heteroatoms. The average molecular weight is 280 g/mol. The monoisotopic (exact) mass is 280 g/mol. The summed E-state index contributed by atoms with van der Waals surface area (Å²) >= 11 is 0. The maximum atomic E-state index is 12.0. The van der Waals surface area contributed by atoms with Gasteiger partial charge in [-0.3, -0.25) is 9.59 Å². The van der Waals surface area contributed by atoms with Gasteiger partial charge in [0.05, 0.1) is 10.8 Å². The zero-order valence-electron chi connectivity index (χ0n) is 11.7. The van der Waals surface area contributed by atoms with Gasteiger partial charge in [0.25, 0.3) is 0 Å². The third kappa shape index (κ3) is 1.01. The topological polar surface area (TPSA) is 81.1 Å². The van der Waals surface area contributed by atoms with Gasteiger partial charge >= 0.3 is 11.9 Å². The first kappa shape index (κ1) is 12.6. The molecule has 2 N–H and O–H groups in total. The van der Waals surface area contributed by atoms with Gasteiger partial charge in [-0.15, -0.1) is 0 Å². The van der Waals surface area contributed by atoms with Crippen molar-refractivity contribution in [3.63, 3.8) is 0 Å². The summed E-state index contributed by atoms with van der Waals surface area (Å²) in [7, 11) is 3.89. The van der Waals surface area contributed by atoms with Crippen LogP contribution >= 0.6 is 0 Å². The molecule has 0 aromatic rings. The molecule has 6 nitrogen and oxygen atoms in total. The summed E-state index contributed by atoms with van der Waals surface area (Å²) in [6.07, 6.45) is 0.975. The molecule has 4 saturated heterocycles. The molecule has 6 bridgehead atoms. The molecule has 3 aliphatic carbocycles. The highest BCUT2D eigenvalue weighted by molar-refractivity contribution is 5.84. The van der Waals surface area contributed by atoms with Gasteiger partial charge in [0, 0.05) is 25.2 Å². The van der Waals surface area contributed by atoms with E-state index in [0.717, 1.165) is 13.1 Å². The van der Waals surface area contributed by atoms with Gasteiger partial charge in [-0.25, -0.2) is 0 Å². The van der Waals surface area contributed by atoms with Crippen LogP contribution in [-0.2, 0) is 9.59 Å². The molecule has 0 aromatic carbocycles. The van der Waals surface area contributed by atoms with Crippen LogP contribution < -0.4 is 0 Å². The molecule has 3 saturated carbocycles. The molecule has 7 fully saturated rings. The van der Waals surface area contributed by atoms with E-state index >= 15 is 0 Å². The Morgan fingerprint density at radius 1 is 0.900 bits per heavy atom. The fraction of sp³-hybridized carbons (Fsp3) is 0.857. The average Bonchev–Trinajstić information content (AvgIpc) is 2.39. The van der Waals surface area contributed by atoms with E-state index in [-0.39, 0.29) is 23.9 Å². The molecule has 7 aliphatic rings. The SMILES string of the molecule is CN1CC2C3CN(C)C4CC3(C(=O)O)C1CC24C(=O)O. The van der Waals surface area contributed by atoms with Gasteiger partial charge in [0.1, 0.15) is 0 Å². The van der Waals surface area contributed by atoms with Gasteiger partial charge in [0.15, 0.2) is 0 Å². The van der Waals surface area contributed by atoms with E-state index in [1.54, 1.807) is 0 Å². The number of piperidine rings is 4. The third-order valence-corrected chi connectivity index (χ3v) is 6.89. The van der Waals surface area contributed by atoms with Crippen LogP contribution in [0.15, 0.2) is 0 Å². The van der Waals surface area contributed by atoms with Crippen LogP contribution in [0.1, 0.15) is 12.8 Å². The molecule has 0 radical (unpaired) electrons. The predicted octanol–water partition coefficient (Wildman–Crippen LogP) is -0.204. The van der Waals surface area contributed by atoms with Crippen molar-refractivity contribution in [3.8, 4) is 0 Å². The summed E-state index contributed by atoms with van der Waals surface area (Å²) in [5, 5.41) is 19.8. The van der Waals surface area contributed by atoms with Crippen LogP contribution in [0.3, 0.4) is 0 Å². The van der Waals surface area contributed by atoms with Crippen LogP contribution in [0.2, 0.25) is 0 Å². The van der Waals surface area contributed by atoms with Crippen molar-refractivity contribution in [1.82, 2.24) is 9.80 Å². The first-order valence-electron chi connectivity index (χ1n) is 7.23. The Kier molecular flexibility index (Phi) is 2.12. The summed E-state index contributed by atoms with van der Waals surface area (Å²) in [5.74, 6) is -1.50. The van der Waals surface area contributed by atoms with E-state index in [1.165, 1.54) is 0 Å². The fourth-order valence-corrected chi connectivity index (χ4v) is 6.12. The molecule has 110 valence electrons. The number of hydrogen-bond donors (Lipinski definition) is 2. The van der Waals surface area contributed by atoms with Gasteiger partial charge < -0.3 is 20.0 Å². The number of hydrogen-bond acceptors (Lipinski definition) is 4. The molecule has 0 aromatic heterocycles. The zero-order chi connectivity index (χ0) is 14.4. The largest absolute Gasteiger partial charge is 0.481 e. The van der Waals surface area contributed by atoms with Crippen molar-refractivity contribution in [3.05, 3.63) is 0 Å². The van der Waals surface area contributed by atoms with E-state index in [9.17, 15) is 19.8 Å². The van der Waals surface area contributed by atoms with E-state index in [4.69, 9.17) is 0 Å². The highest BCUT2D eigenvalue weighted by atomic mass is 16.4. The van der Waals surface area contributed by atoms with Crippen LogP contribution in [0, 0.1) is 22.7 Å². The third-order valence-electron chi connectivity index (χ3n) is 6.89. The minimum Gasteiger partial charge on any atom is -0.481 e. The summed E-state index contributed by atoms with van der Waals surface area (Å²) in [5.41, 5.74) is -1.46. The van der Waals surface area contributed by atoms with E-state index < -0.39 is 22.8 Å². The quantitative estimate of drug-likeness (QED) is 0.729. The lowest BCUT2D eigenvalue weighted by Gasteiger charge is -2.75. The molecular weight excluding hydrogens is 260 g/mol. The van der Waals surface area contributed by atoms with Gasteiger partial charge in [0.2, 0.25) is 0 Å². The first-order chi connectivity index (χ1) is 9.35. The number of carbonyl (C=O) groups is 2. The van der Waals surface area contributed by atoms with E-state index in [2.05, 4.69) is 9.80 Å². The lowest BCUT2D eigenvalue weighted by atomic mass is 9.36. The Balaban J connectivity index is 1.93. The summed E-state index contributed by atoms with van der Waals surface area (Å²) in [6, 6.07) is -0.257. The summed E-state index contributed by atoms with van der Waals surface area (Å²) in [4.78, 5) is 28.3. The number of fused-ring (bicyclic) bond motifs is 2. The number of aliphatic carboxylic acids is 2. The minimum atomic E-state index is -0.730. The smallest absolute Gasteiger partial charge is 0.311 e. The fourth-order valence-electron chi connectivity index (χ4n) is 6.12. The van der Waals surface area contributed by atoms with Crippen molar-refractivity contribution < 1.29 is 19.8 Å². The van der Waals surface area contributed by atoms with Gasteiger partial charge in [-0.05, 0) is 38.8 Å². The molecule has 6 unspecified atom stereocenters. The maximum Gasteiger partial charge on any atom is 0.311 e. The molecular formula is C14H20N2O4. The summed E-state index contributed by atoms with van der Waals surface area (Å²) < 4.78 is 0. The van der Waals surface area contributed by atoms with Crippen molar-refractivity contribution in [1.29, 1.82) is 0 Å². The lowest BCUT2D eigenvalue weighted by molar-refractivity contribution is -0.281. The standard InChI is InChI=1S/C14H20N2O4/c1-15-5-7-8-6-16(2)10-4-13(8,11(17)18)9(15)3-14(7,10)12(19)20/h7-10H,3-6H2,1-2H3,(H,17,18)(H,19,20).